The SMILES string of the molecule is C=C/C(C)=C(/C)C=C.CC.CC.CC. The Hall–Kier alpha value is -0.780. The van der Waals surface area contributed by atoms with Crippen molar-refractivity contribution in [3.63, 3.8) is 0 Å². The van der Waals surface area contributed by atoms with Crippen LogP contribution in [0, 0.1) is 0 Å². The van der Waals surface area contributed by atoms with Gasteiger partial charge in [-0.2, -0.15) is 0 Å². The molecule has 0 bridgehead atoms. The van der Waals surface area contributed by atoms with Gasteiger partial charge in [0.25, 0.3) is 0 Å². The van der Waals surface area contributed by atoms with Crippen LogP contribution in [0.3, 0.4) is 0 Å². The standard InChI is InChI=1S/C8H12.3C2H6/c1-5-7(3)8(4)6-2;3*1-2/h5-6H,1-2H2,3-4H3;3*1-2H3/b8-7-;;;. The number of allylic oxidation sites excluding steroid dienone is 4. The van der Waals surface area contributed by atoms with Crippen LogP contribution in [0.25, 0.3) is 0 Å². The molecule has 0 radical (unpaired) electrons. The fraction of sp³-hybridized carbons (Fsp3) is 0.571. The fourth-order valence-corrected chi connectivity index (χ4v) is 0.322. The minimum Gasteiger partial charge on any atom is -0.0988 e. The highest BCUT2D eigenvalue weighted by Crippen LogP contribution is 2.02. The minimum absolute atomic E-state index is 1.19. The normalized spacial score (nSPS) is 8.29. The number of rotatable bonds is 2. The lowest BCUT2D eigenvalue weighted by Crippen LogP contribution is -1.71. The van der Waals surface area contributed by atoms with Gasteiger partial charge in [0.2, 0.25) is 0 Å². The molecule has 0 aliphatic carbocycles. The molecule has 0 heterocycles. The first-order valence-corrected chi connectivity index (χ1v) is 5.64. The van der Waals surface area contributed by atoms with Crippen molar-refractivity contribution in [1.82, 2.24) is 0 Å². The van der Waals surface area contributed by atoms with E-state index >= 15 is 0 Å². The fourth-order valence-electron chi connectivity index (χ4n) is 0.322. The summed E-state index contributed by atoms with van der Waals surface area (Å²) in [6.45, 7) is 23.3. The lowest BCUT2D eigenvalue weighted by Gasteiger charge is -1.92. The van der Waals surface area contributed by atoms with Crippen molar-refractivity contribution in [2.24, 2.45) is 0 Å². The van der Waals surface area contributed by atoms with Crippen LogP contribution in [-0.2, 0) is 0 Å². The van der Waals surface area contributed by atoms with Crippen molar-refractivity contribution >= 4 is 0 Å². The Labute approximate surface area is 92.4 Å². The molecule has 0 rings (SSSR count). The smallest absolute Gasteiger partial charge is 0.0395 e. The molecule has 0 amide bonds. The Balaban J connectivity index is -0.0000000708. The van der Waals surface area contributed by atoms with Crippen LogP contribution in [0.2, 0.25) is 0 Å². The van der Waals surface area contributed by atoms with Gasteiger partial charge in [0.15, 0.2) is 0 Å². The Kier molecular flexibility index (Phi) is 49.0. The van der Waals surface area contributed by atoms with Gasteiger partial charge in [-0.1, -0.05) is 66.9 Å². The molecule has 0 saturated carbocycles. The van der Waals surface area contributed by atoms with Crippen LogP contribution in [0.1, 0.15) is 55.4 Å². The summed E-state index contributed by atoms with van der Waals surface area (Å²) in [5, 5.41) is 0. The number of hydrogen-bond acceptors (Lipinski definition) is 0. The van der Waals surface area contributed by atoms with Gasteiger partial charge in [-0.05, 0) is 25.0 Å². The summed E-state index contributed by atoms with van der Waals surface area (Å²) in [7, 11) is 0. The molecule has 0 aliphatic heterocycles. The third-order valence-corrected chi connectivity index (χ3v) is 1.23. The molecule has 0 N–H and O–H groups in total. The predicted molar refractivity (Wildman–Crippen MR) is 72.8 cm³/mol. The van der Waals surface area contributed by atoms with Gasteiger partial charge >= 0.3 is 0 Å². The Morgan fingerprint density at radius 2 is 0.786 bits per heavy atom. The van der Waals surface area contributed by atoms with Crippen LogP contribution in [0.15, 0.2) is 36.5 Å². The quantitative estimate of drug-likeness (QED) is 0.494. The van der Waals surface area contributed by atoms with Crippen molar-refractivity contribution in [2.75, 3.05) is 0 Å². The molecule has 0 aliphatic rings. The van der Waals surface area contributed by atoms with Gasteiger partial charge in [0, 0.05) is 0 Å². The molecule has 14 heavy (non-hydrogen) atoms. The molecule has 0 fully saturated rings. The highest BCUT2D eigenvalue weighted by Gasteiger charge is 1.82. The average Bonchev–Trinajstić information content (AvgIpc) is 2.34. The van der Waals surface area contributed by atoms with E-state index in [1.54, 1.807) is 0 Å². The minimum atomic E-state index is 1.19. The second-order valence-corrected chi connectivity index (χ2v) is 1.77. The van der Waals surface area contributed by atoms with E-state index in [0.717, 1.165) is 0 Å². The van der Waals surface area contributed by atoms with E-state index in [-0.39, 0.29) is 0 Å². The summed E-state index contributed by atoms with van der Waals surface area (Å²) < 4.78 is 0. The molecule has 0 aromatic heterocycles. The molecule has 0 heteroatoms. The zero-order valence-electron chi connectivity index (χ0n) is 11.6. The summed E-state index contributed by atoms with van der Waals surface area (Å²) in [4.78, 5) is 0. The molecule has 0 spiro atoms. The largest absolute Gasteiger partial charge is 0.0988 e. The monoisotopic (exact) mass is 198 g/mol. The van der Waals surface area contributed by atoms with E-state index in [4.69, 9.17) is 0 Å². The van der Waals surface area contributed by atoms with Crippen LogP contribution >= 0.6 is 0 Å². The first-order chi connectivity index (χ1) is 6.72. The van der Waals surface area contributed by atoms with E-state index in [9.17, 15) is 0 Å². The maximum Gasteiger partial charge on any atom is -0.0395 e. The Morgan fingerprint density at radius 1 is 0.643 bits per heavy atom. The van der Waals surface area contributed by atoms with Gasteiger partial charge in [-0.25, -0.2) is 0 Å². The molecule has 0 aromatic carbocycles. The summed E-state index contributed by atoms with van der Waals surface area (Å²) in [6.07, 6.45) is 3.66. The second-order valence-electron chi connectivity index (χ2n) is 1.77. The Bertz CT molecular complexity index is 111. The predicted octanol–water partition coefficient (Wildman–Crippen LogP) is 5.77. The summed E-state index contributed by atoms with van der Waals surface area (Å²) >= 11 is 0. The average molecular weight is 198 g/mol. The maximum absolute atomic E-state index is 3.62. The Morgan fingerprint density at radius 3 is 0.857 bits per heavy atom. The summed E-state index contributed by atoms with van der Waals surface area (Å²) in [6, 6.07) is 0. The molecular weight excluding hydrogens is 168 g/mol. The second kappa shape index (κ2) is 29.5. The van der Waals surface area contributed by atoms with E-state index in [2.05, 4.69) is 13.2 Å². The first kappa shape index (κ1) is 23.2. The van der Waals surface area contributed by atoms with Crippen molar-refractivity contribution in [2.45, 2.75) is 55.4 Å². The molecule has 86 valence electrons. The highest BCUT2D eigenvalue weighted by molar-refractivity contribution is 5.27. The van der Waals surface area contributed by atoms with Crippen molar-refractivity contribution in [3.8, 4) is 0 Å². The van der Waals surface area contributed by atoms with Gasteiger partial charge in [0.05, 0.1) is 0 Å². The topological polar surface area (TPSA) is 0 Å². The highest BCUT2D eigenvalue weighted by atomic mass is 13.9. The lowest BCUT2D eigenvalue weighted by molar-refractivity contribution is 1.39. The van der Waals surface area contributed by atoms with Crippen LogP contribution in [0.4, 0.5) is 0 Å². The molecule has 0 nitrogen and oxygen atoms in total. The van der Waals surface area contributed by atoms with Crippen molar-refractivity contribution < 1.29 is 0 Å². The summed E-state index contributed by atoms with van der Waals surface area (Å²) in [5.41, 5.74) is 2.39. The van der Waals surface area contributed by atoms with Gasteiger partial charge < -0.3 is 0 Å². The number of hydrogen-bond donors (Lipinski definition) is 0. The van der Waals surface area contributed by atoms with Crippen molar-refractivity contribution in [1.29, 1.82) is 0 Å². The van der Waals surface area contributed by atoms with Gasteiger partial charge in [-0.3, -0.25) is 0 Å². The molecular formula is C14H30. The lowest BCUT2D eigenvalue weighted by atomic mass is 10.1. The van der Waals surface area contributed by atoms with Gasteiger partial charge in [0.1, 0.15) is 0 Å². The molecule has 0 atom stereocenters. The van der Waals surface area contributed by atoms with Crippen LogP contribution < -0.4 is 0 Å². The molecule has 0 saturated heterocycles. The zero-order chi connectivity index (χ0) is 12.6. The first-order valence-electron chi connectivity index (χ1n) is 5.64. The van der Waals surface area contributed by atoms with Crippen LogP contribution in [-0.4, -0.2) is 0 Å². The third kappa shape index (κ3) is 22.5. The zero-order valence-corrected chi connectivity index (χ0v) is 11.6. The summed E-state index contributed by atoms with van der Waals surface area (Å²) in [5.74, 6) is 0. The van der Waals surface area contributed by atoms with E-state index in [0.29, 0.717) is 0 Å². The van der Waals surface area contributed by atoms with E-state index in [1.807, 2.05) is 67.5 Å². The third-order valence-electron chi connectivity index (χ3n) is 1.23. The van der Waals surface area contributed by atoms with Crippen molar-refractivity contribution in [3.05, 3.63) is 36.5 Å². The maximum atomic E-state index is 3.62. The van der Waals surface area contributed by atoms with E-state index in [1.165, 1.54) is 11.1 Å². The van der Waals surface area contributed by atoms with E-state index < -0.39 is 0 Å². The molecule has 0 unspecified atom stereocenters. The van der Waals surface area contributed by atoms with Crippen LogP contribution in [0.5, 0.6) is 0 Å². The molecule has 0 aromatic rings. The van der Waals surface area contributed by atoms with Gasteiger partial charge in [-0.15, -0.1) is 0 Å².